The second kappa shape index (κ2) is 6.65. The van der Waals surface area contributed by atoms with Crippen LogP contribution in [0, 0.1) is 0 Å². The van der Waals surface area contributed by atoms with E-state index in [0.717, 1.165) is 31.7 Å². The smallest absolute Gasteiger partial charge is 0.0470 e. The topological polar surface area (TPSA) is 31.1 Å². The Hall–Kier alpha value is -1.95. The van der Waals surface area contributed by atoms with E-state index in [9.17, 15) is 0 Å². The molecule has 132 valence electrons. The number of fused-ring (bicyclic) bond motifs is 4. The lowest BCUT2D eigenvalue weighted by molar-refractivity contribution is 0.266. The summed E-state index contributed by atoms with van der Waals surface area (Å²) < 4.78 is 4.89. The van der Waals surface area contributed by atoms with E-state index >= 15 is 0 Å². The number of aromatic amines is 1. The van der Waals surface area contributed by atoms with Gasteiger partial charge in [0.05, 0.1) is 0 Å². The van der Waals surface area contributed by atoms with Crippen LogP contribution < -0.4 is 4.72 Å². The summed E-state index contributed by atoms with van der Waals surface area (Å²) in [6.45, 7) is 5.55. The van der Waals surface area contributed by atoms with Gasteiger partial charge in [-0.3, -0.25) is 4.90 Å². The van der Waals surface area contributed by atoms with Crippen LogP contribution in [0.4, 0.5) is 5.69 Å². The zero-order chi connectivity index (χ0) is 17.5. The van der Waals surface area contributed by atoms with Gasteiger partial charge in [0, 0.05) is 55.7 Å². The molecule has 0 radical (unpaired) electrons. The molecule has 0 atom stereocenters. The van der Waals surface area contributed by atoms with Gasteiger partial charge in [-0.15, -0.1) is 11.3 Å². The van der Waals surface area contributed by atoms with Gasteiger partial charge in [0.15, 0.2) is 0 Å². The number of H-pyrrole nitrogens is 1. The molecule has 0 saturated carbocycles. The number of rotatable bonds is 4. The lowest BCUT2D eigenvalue weighted by atomic mass is 10.0. The maximum absolute atomic E-state index is 3.63. The Labute approximate surface area is 161 Å². The Balaban J connectivity index is 1.41. The van der Waals surface area contributed by atoms with Crippen LogP contribution in [0.2, 0.25) is 0 Å². The van der Waals surface area contributed by atoms with E-state index < -0.39 is 0 Å². The van der Waals surface area contributed by atoms with Crippen molar-refractivity contribution in [2.45, 2.75) is 24.8 Å². The van der Waals surface area contributed by atoms with E-state index in [0.29, 0.717) is 0 Å². The van der Waals surface area contributed by atoms with Gasteiger partial charge in [-0.1, -0.05) is 25.1 Å². The van der Waals surface area contributed by atoms with Crippen LogP contribution in [0.15, 0.2) is 52.7 Å². The molecule has 0 amide bonds. The summed E-state index contributed by atoms with van der Waals surface area (Å²) in [4.78, 5) is 7.41. The number of thiophene rings is 1. The van der Waals surface area contributed by atoms with E-state index in [2.05, 4.69) is 69.4 Å². The lowest BCUT2D eigenvalue weighted by Gasteiger charge is -2.25. The summed E-state index contributed by atoms with van der Waals surface area (Å²) in [6, 6.07) is 15.3. The van der Waals surface area contributed by atoms with Gasteiger partial charge >= 0.3 is 0 Å². The van der Waals surface area contributed by atoms with Crippen LogP contribution in [0.5, 0.6) is 0 Å². The lowest BCUT2D eigenvalue weighted by Crippen LogP contribution is -2.29. The average molecular weight is 380 g/mol. The number of hydrogen-bond acceptors (Lipinski definition) is 4. The second-order valence-corrected chi connectivity index (χ2v) is 8.52. The average Bonchev–Trinajstić information content (AvgIpc) is 3.26. The van der Waals surface area contributed by atoms with Crippen LogP contribution >= 0.6 is 23.3 Å². The van der Waals surface area contributed by atoms with Gasteiger partial charge in [-0.25, -0.2) is 0 Å². The molecule has 3 nitrogen and oxygen atoms in total. The van der Waals surface area contributed by atoms with Crippen molar-refractivity contribution >= 4 is 50.0 Å². The number of nitrogens with one attached hydrogen (secondary N) is 2. The van der Waals surface area contributed by atoms with Crippen LogP contribution in [-0.4, -0.2) is 23.0 Å². The fourth-order valence-electron chi connectivity index (χ4n) is 3.78. The van der Waals surface area contributed by atoms with Crippen LogP contribution in [0.25, 0.3) is 21.0 Å². The summed E-state index contributed by atoms with van der Waals surface area (Å²) in [6.07, 6.45) is 1.13. The fraction of sp³-hybridized carbons (Fsp3) is 0.238. The first-order valence-electron chi connectivity index (χ1n) is 9.07. The van der Waals surface area contributed by atoms with Crippen molar-refractivity contribution in [2.75, 3.05) is 17.8 Å². The number of anilines is 1. The Kier molecular flexibility index (Phi) is 4.15. The number of hydrogen-bond donors (Lipinski definition) is 2. The minimum Gasteiger partial charge on any atom is -0.357 e. The maximum Gasteiger partial charge on any atom is 0.0470 e. The molecular formula is C21H21N3S2. The van der Waals surface area contributed by atoms with E-state index in [1.54, 1.807) is 23.3 Å². The third-order valence-corrected chi connectivity index (χ3v) is 7.23. The number of likely N-dealkylation sites (N-methyl/N-ethyl adjacent to an activating group) is 1. The molecule has 1 aliphatic rings. The molecule has 5 rings (SSSR count). The first-order chi connectivity index (χ1) is 12.8. The molecule has 26 heavy (non-hydrogen) atoms. The predicted molar refractivity (Wildman–Crippen MR) is 114 cm³/mol. The third-order valence-electron chi connectivity index (χ3n) is 5.23. The van der Waals surface area contributed by atoms with E-state index in [4.69, 9.17) is 0 Å². The van der Waals surface area contributed by atoms with Crippen molar-refractivity contribution in [2.24, 2.45) is 0 Å². The maximum atomic E-state index is 3.63. The van der Waals surface area contributed by atoms with E-state index in [-0.39, 0.29) is 0 Å². The summed E-state index contributed by atoms with van der Waals surface area (Å²) in [5, 5.41) is 4.93. The highest BCUT2D eigenvalue weighted by Gasteiger charge is 2.19. The fourth-order valence-corrected chi connectivity index (χ4v) is 5.64. The molecule has 4 aromatic rings. The monoisotopic (exact) mass is 379 g/mol. The summed E-state index contributed by atoms with van der Waals surface area (Å²) >= 11 is 3.51. The van der Waals surface area contributed by atoms with Crippen LogP contribution in [0.3, 0.4) is 0 Å². The van der Waals surface area contributed by atoms with E-state index in [1.807, 2.05) is 0 Å². The molecule has 0 fully saturated rings. The van der Waals surface area contributed by atoms with E-state index in [1.165, 1.54) is 37.1 Å². The highest BCUT2D eigenvalue weighted by Crippen LogP contribution is 2.35. The van der Waals surface area contributed by atoms with Gasteiger partial charge < -0.3 is 9.71 Å². The van der Waals surface area contributed by atoms with Crippen LogP contribution in [0.1, 0.15) is 18.2 Å². The molecule has 2 aromatic carbocycles. The van der Waals surface area contributed by atoms with Crippen molar-refractivity contribution in [1.29, 1.82) is 0 Å². The second-order valence-electron chi connectivity index (χ2n) is 6.76. The number of benzene rings is 2. The first-order valence-corrected chi connectivity index (χ1v) is 10.8. The molecule has 2 N–H and O–H groups in total. The van der Waals surface area contributed by atoms with Gasteiger partial charge in [0.25, 0.3) is 0 Å². The molecule has 0 bridgehead atoms. The summed E-state index contributed by atoms with van der Waals surface area (Å²) in [7, 11) is 0. The molecule has 0 unspecified atom stereocenters. The standard InChI is InChI=1S/C21H21N3S2/c1-2-24-10-9-15-17-11-14(7-8-18(17)22-19(15)12-24)23-26-21-13-25-20-6-4-3-5-16(20)21/h3-8,11,13,22-23H,2,9-10,12H2,1H3. The van der Waals surface area contributed by atoms with Gasteiger partial charge in [0.1, 0.15) is 0 Å². The highest BCUT2D eigenvalue weighted by molar-refractivity contribution is 8.01. The van der Waals surface area contributed by atoms with Crippen molar-refractivity contribution < 1.29 is 0 Å². The first kappa shape index (κ1) is 16.2. The molecule has 0 saturated heterocycles. The zero-order valence-corrected chi connectivity index (χ0v) is 16.3. The molecule has 2 aromatic heterocycles. The number of aromatic nitrogens is 1. The van der Waals surface area contributed by atoms with Crippen LogP contribution in [-0.2, 0) is 13.0 Å². The molecule has 0 spiro atoms. The van der Waals surface area contributed by atoms with Gasteiger partial charge in [-0.05, 0) is 54.7 Å². The SMILES string of the molecule is CCN1CCc2c([nH]c3ccc(NSc4csc5ccccc45)cc23)C1. The third kappa shape index (κ3) is 2.80. The summed E-state index contributed by atoms with van der Waals surface area (Å²) in [5.74, 6) is 0. The Morgan fingerprint density at radius 2 is 2.12 bits per heavy atom. The van der Waals surface area contributed by atoms with Crippen molar-refractivity contribution in [3.8, 4) is 0 Å². The molecule has 3 heterocycles. The Bertz CT molecular complexity index is 1080. The van der Waals surface area contributed by atoms with Gasteiger partial charge in [0.2, 0.25) is 0 Å². The quantitative estimate of drug-likeness (QED) is 0.434. The molecule has 5 heteroatoms. The minimum absolute atomic E-state index is 1.04. The molecule has 0 aliphatic carbocycles. The summed E-state index contributed by atoms with van der Waals surface area (Å²) in [5.41, 5.74) is 5.31. The minimum atomic E-state index is 1.04. The largest absolute Gasteiger partial charge is 0.357 e. The van der Waals surface area contributed by atoms with Crippen molar-refractivity contribution in [3.63, 3.8) is 0 Å². The van der Waals surface area contributed by atoms with Crippen molar-refractivity contribution in [3.05, 3.63) is 59.1 Å². The molecular weight excluding hydrogens is 358 g/mol. The molecule has 1 aliphatic heterocycles. The van der Waals surface area contributed by atoms with Gasteiger partial charge in [-0.2, -0.15) is 0 Å². The highest BCUT2D eigenvalue weighted by atomic mass is 32.2. The van der Waals surface area contributed by atoms with Crippen molar-refractivity contribution in [1.82, 2.24) is 9.88 Å². The predicted octanol–water partition coefficient (Wildman–Crippen LogP) is 5.88. The zero-order valence-electron chi connectivity index (χ0n) is 14.7. The Morgan fingerprint density at radius 3 is 3.04 bits per heavy atom. The normalized spacial score (nSPS) is 14.8. The Morgan fingerprint density at radius 1 is 1.19 bits per heavy atom. The number of nitrogens with zero attached hydrogens (tertiary/aromatic N) is 1.